The molecule has 1 aromatic heterocycles. The van der Waals surface area contributed by atoms with Crippen LogP contribution in [-0.4, -0.2) is 33.0 Å². The summed E-state index contributed by atoms with van der Waals surface area (Å²) in [7, 11) is -2.64. The number of ether oxygens (including phenoxy) is 1. The van der Waals surface area contributed by atoms with Gasteiger partial charge < -0.3 is 10.5 Å². The predicted molar refractivity (Wildman–Crippen MR) is 108 cm³/mol. The molecule has 0 amide bonds. The molecule has 0 radical (unpaired) electrons. The third kappa shape index (κ3) is 4.30. The van der Waals surface area contributed by atoms with Gasteiger partial charge in [-0.15, -0.1) is 15.6 Å². The van der Waals surface area contributed by atoms with Crippen LogP contribution in [0.1, 0.15) is 9.67 Å². The number of methoxy groups -OCH3 is 1. The van der Waals surface area contributed by atoms with Crippen LogP contribution in [0.3, 0.4) is 0 Å². The van der Waals surface area contributed by atoms with Crippen molar-refractivity contribution in [2.24, 2.45) is 5.73 Å². The smallest absolute Gasteiger partial charge is 0.295 e. The molecule has 0 saturated carbocycles. The molecule has 0 spiro atoms. The number of hydroxylamine groups is 1. The fourth-order valence-corrected chi connectivity index (χ4v) is 4.54. The number of para-hydroxylation sites is 1. The highest BCUT2D eigenvalue weighted by molar-refractivity contribution is 7.87. The number of hydrogen-bond acceptors (Lipinski definition) is 7. The van der Waals surface area contributed by atoms with E-state index in [2.05, 4.69) is 4.28 Å². The quantitative estimate of drug-likeness (QED) is 0.232. The van der Waals surface area contributed by atoms with Crippen molar-refractivity contribution in [1.29, 1.82) is 5.41 Å². The number of thiophene rings is 1. The average molecular weight is 419 g/mol. The van der Waals surface area contributed by atoms with Crippen LogP contribution >= 0.6 is 11.3 Å². The van der Waals surface area contributed by atoms with E-state index in [-0.39, 0.29) is 4.88 Å². The zero-order valence-electron chi connectivity index (χ0n) is 14.8. The topological polar surface area (TPSA) is 132 Å². The first-order chi connectivity index (χ1) is 13.3. The number of fused-ring (bicyclic) bond motifs is 1. The van der Waals surface area contributed by atoms with Gasteiger partial charge in [0.1, 0.15) is 11.5 Å². The Kier molecular flexibility index (Phi) is 5.63. The van der Waals surface area contributed by atoms with Crippen LogP contribution in [0, 0.1) is 5.41 Å². The van der Waals surface area contributed by atoms with E-state index in [4.69, 9.17) is 15.9 Å². The Hall–Kier alpha value is -2.95. The van der Waals surface area contributed by atoms with Crippen LogP contribution in [0.25, 0.3) is 21.2 Å². The molecule has 3 rings (SSSR count). The zero-order chi connectivity index (χ0) is 20.3. The minimum atomic E-state index is -4.23. The van der Waals surface area contributed by atoms with E-state index >= 15 is 0 Å². The number of nitrogens with two attached hydrogens (primary N) is 1. The summed E-state index contributed by atoms with van der Waals surface area (Å²) in [4.78, 5) is 12.7. The van der Waals surface area contributed by atoms with Gasteiger partial charge in [-0.25, -0.2) is 5.48 Å². The van der Waals surface area contributed by atoms with Crippen molar-refractivity contribution >= 4 is 43.3 Å². The highest BCUT2D eigenvalue weighted by Gasteiger charge is 2.22. The number of carbonyl (C=O) groups is 1. The normalized spacial score (nSPS) is 11.3. The summed E-state index contributed by atoms with van der Waals surface area (Å²) in [5.41, 5.74) is 8.45. The molecule has 0 aliphatic heterocycles. The lowest BCUT2D eigenvalue weighted by atomic mass is 10.0. The monoisotopic (exact) mass is 419 g/mol. The van der Waals surface area contributed by atoms with Crippen molar-refractivity contribution in [3.8, 4) is 16.9 Å². The number of hydrogen-bond donors (Lipinski definition) is 3. The SMILES string of the molecule is COc1ccccc1-c1cccc2sc(C(=O)CS(=O)(=O)ONC(=N)N)cc12. The van der Waals surface area contributed by atoms with Gasteiger partial charge in [-0.1, -0.05) is 30.3 Å². The Bertz CT molecular complexity index is 1150. The van der Waals surface area contributed by atoms with Crippen molar-refractivity contribution in [3.05, 3.63) is 53.4 Å². The number of rotatable bonds is 7. The molecule has 0 atom stereocenters. The van der Waals surface area contributed by atoms with Gasteiger partial charge in [0.2, 0.25) is 5.96 Å². The maximum Gasteiger partial charge on any atom is 0.295 e. The number of Topliss-reactive ketones (excluding diaryl/α,β-unsaturated/α-hetero) is 1. The second kappa shape index (κ2) is 7.97. The number of ketones is 1. The first-order valence-electron chi connectivity index (χ1n) is 8.01. The molecule has 0 fully saturated rings. The summed E-state index contributed by atoms with van der Waals surface area (Å²) in [5, 5.41) is 7.74. The van der Waals surface area contributed by atoms with Crippen LogP contribution < -0.4 is 16.0 Å². The summed E-state index contributed by atoms with van der Waals surface area (Å²) in [5.74, 6) is -1.47. The van der Waals surface area contributed by atoms with Crippen molar-refractivity contribution in [2.75, 3.05) is 12.9 Å². The van der Waals surface area contributed by atoms with E-state index in [1.165, 1.54) is 11.3 Å². The van der Waals surface area contributed by atoms with Crippen molar-refractivity contribution in [2.45, 2.75) is 0 Å². The second-order valence-corrected chi connectivity index (χ2v) is 8.41. The number of carbonyl (C=O) groups excluding carboxylic acids is 1. The number of guanidine groups is 1. The first kappa shape index (κ1) is 19.8. The summed E-state index contributed by atoms with van der Waals surface area (Å²) >= 11 is 1.20. The van der Waals surface area contributed by atoms with Gasteiger partial charge in [-0.3, -0.25) is 10.2 Å². The van der Waals surface area contributed by atoms with Crippen LogP contribution in [-0.2, 0) is 14.4 Å². The van der Waals surface area contributed by atoms with Gasteiger partial charge in [0.25, 0.3) is 10.1 Å². The van der Waals surface area contributed by atoms with Crippen molar-refractivity contribution in [1.82, 2.24) is 5.48 Å². The molecule has 4 N–H and O–H groups in total. The average Bonchev–Trinajstić information content (AvgIpc) is 3.11. The van der Waals surface area contributed by atoms with Crippen molar-refractivity contribution in [3.63, 3.8) is 0 Å². The third-order valence-corrected chi connectivity index (χ3v) is 5.91. The Labute approximate surface area is 165 Å². The van der Waals surface area contributed by atoms with Crippen LogP contribution in [0.4, 0.5) is 0 Å². The maximum atomic E-state index is 12.5. The molecular weight excluding hydrogens is 402 g/mol. The van der Waals surface area contributed by atoms with E-state index in [9.17, 15) is 13.2 Å². The van der Waals surface area contributed by atoms with Crippen LogP contribution in [0.5, 0.6) is 5.75 Å². The van der Waals surface area contributed by atoms with E-state index in [1.807, 2.05) is 42.5 Å². The molecule has 0 bridgehead atoms. The standard InChI is InChI=1S/C18H17N3O5S2/c1-25-15-7-3-2-5-12(15)11-6-4-8-16-13(11)9-17(27-16)14(22)10-28(23,24)26-21-18(19)20/h2-9H,10H2,1H3,(H4,19,20,21). The van der Waals surface area contributed by atoms with Gasteiger partial charge in [-0.05, 0) is 23.8 Å². The van der Waals surface area contributed by atoms with E-state index < -0.39 is 27.6 Å². The molecule has 2 aromatic carbocycles. The van der Waals surface area contributed by atoms with Gasteiger partial charge in [0.15, 0.2) is 5.78 Å². The van der Waals surface area contributed by atoms with Gasteiger partial charge in [0.05, 0.1) is 12.0 Å². The van der Waals surface area contributed by atoms with E-state index in [1.54, 1.807) is 18.7 Å². The van der Waals surface area contributed by atoms with E-state index in [0.29, 0.717) is 5.75 Å². The van der Waals surface area contributed by atoms with Crippen LogP contribution in [0.2, 0.25) is 0 Å². The molecular formula is C18H17N3O5S2. The Morgan fingerprint density at radius 3 is 2.61 bits per heavy atom. The maximum absolute atomic E-state index is 12.5. The molecule has 3 aromatic rings. The summed E-state index contributed by atoms with van der Waals surface area (Å²) < 4.78 is 34.3. The Morgan fingerprint density at radius 2 is 1.89 bits per heavy atom. The van der Waals surface area contributed by atoms with Gasteiger partial charge in [-0.2, -0.15) is 8.42 Å². The summed E-state index contributed by atoms with van der Waals surface area (Å²) in [6, 6.07) is 14.8. The third-order valence-electron chi connectivity index (χ3n) is 3.82. The first-order valence-corrected chi connectivity index (χ1v) is 10.4. The fourth-order valence-electron chi connectivity index (χ4n) is 2.67. The summed E-state index contributed by atoms with van der Waals surface area (Å²) in [6.07, 6.45) is 0. The largest absolute Gasteiger partial charge is 0.496 e. The van der Waals surface area contributed by atoms with Crippen LogP contribution in [0.15, 0.2) is 48.5 Å². The number of benzene rings is 2. The fraction of sp³-hybridized carbons (Fsp3) is 0.111. The molecule has 0 unspecified atom stereocenters. The number of nitrogens with one attached hydrogen (secondary N) is 2. The molecule has 1 heterocycles. The highest BCUT2D eigenvalue weighted by Crippen LogP contribution is 2.38. The molecule has 0 saturated heterocycles. The lowest BCUT2D eigenvalue weighted by Crippen LogP contribution is -2.34. The lowest BCUT2D eigenvalue weighted by Gasteiger charge is -2.09. The van der Waals surface area contributed by atoms with Gasteiger partial charge >= 0.3 is 0 Å². The Morgan fingerprint density at radius 1 is 1.18 bits per heavy atom. The Balaban J connectivity index is 1.95. The van der Waals surface area contributed by atoms with E-state index in [0.717, 1.165) is 21.2 Å². The zero-order valence-corrected chi connectivity index (χ0v) is 16.4. The molecule has 28 heavy (non-hydrogen) atoms. The lowest BCUT2D eigenvalue weighted by molar-refractivity contribution is 0.102. The molecule has 0 aliphatic carbocycles. The van der Waals surface area contributed by atoms with Crippen molar-refractivity contribution < 1.29 is 22.2 Å². The predicted octanol–water partition coefficient (Wildman–Crippen LogP) is 2.50. The summed E-state index contributed by atoms with van der Waals surface area (Å²) in [6.45, 7) is 0. The molecule has 146 valence electrons. The van der Waals surface area contributed by atoms with Gasteiger partial charge in [0, 0.05) is 15.6 Å². The molecule has 8 nitrogen and oxygen atoms in total. The molecule has 0 aliphatic rings. The second-order valence-electron chi connectivity index (χ2n) is 5.75. The minimum Gasteiger partial charge on any atom is -0.496 e. The molecule has 10 heteroatoms. The highest BCUT2D eigenvalue weighted by atomic mass is 32.2. The minimum absolute atomic E-state index is 0.285.